The van der Waals surface area contributed by atoms with Crippen molar-refractivity contribution in [3.63, 3.8) is 0 Å². The number of halogens is 2. The molecule has 1 fully saturated rings. The van der Waals surface area contributed by atoms with Crippen LogP contribution < -0.4 is 20.1 Å². The maximum Gasteiger partial charge on any atom is 0.325 e. The third kappa shape index (κ3) is 3.52. The zero-order valence-corrected chi connectivity index (χ0v) is 16.6. The van der Waals surface area contributed by atoms with Crippen molar-refractivity contribution in [2.45, 2.75) is 12.5 Å². The van der Waals surface area contributed by atoms with Crippen LogP contribution in [0.25, 0.3) is 0 Å². The molecule has 30 heavy (non-hydrogen) atoms. The van der Waals surface area contributed by atoms with Gasteiger partial charge in [0.05, 0.1) is 10.7 Å². The van der Waals surface area contributed by atoms with Crippen molar-refractivity contribution >= 4 is 35.1 Å². The predicted molar refractivity (Wildman–Crippen MR) is 105 cm³/mol. The number of carbonyl (C=O) groups excluding carboxylic acids is 3. The van der Waals surface area contributed by atoms with E-state index in [1.54, 1.807) is 25.1 Å². The maximum absolute atomic E-state index is 13.1. The van der Waals surface area contributed by atoms with E-state index in [9.17, 15) is 18.8 Å². The average molecular weight is 434 g/mol. The van der Waals surface area contributed by atoms with Crippen molar-refractivity contribution in [3.8, 4) is 11.5 Å². The third-order valence-electron chi connectivity index (χ3n) is 4.90. The number of nitrogens with zero attached hydrogens (tertiary/aromatic N) is 1. The molecule has 10 heteroatoms. The van der Waals surface area contributed by atoms with E-state index < -0.39 is 35.7 Å². The second kappa shape index (κ2) is 7.49. The SMILES string of the molecule is CC1(c2ccc3c(c2)OCCO3)NC(=O)N(CC(=O)Nc2ccc(F)cc2Cl)C1=O. The molecule has 1 atom stereocenters. The first-order valence-electron chi connectivity index (χ1n) is 9.07. The number of nitrogens with one attached hydrogen (secondary N) is 2. The van der Waals surface area contributed by atoms with Gasteiger partial charge < -0.3 is 20.1 Å². The molecule has 0 spiro atoms. The van der Waals surface area contributed by atoms with Gasteiger partial charge in [-0.1, -0.05) is 17.7 Å². The number of ether oxygens (including phenoxy) is 2. The zero-order chi connectivity index (χ0) is 21.5. The standard InChI is InChI=1S/C20H17ClFN3O5/c1-20(11-2-5-15-16(8-11)30-7-6-29-15)18(27)25(19(28)24-20)10-17(26)23-14-4-3-12(22)9-13(14)21/h2-5,8-9H,6-7,10H2,1H3,(H,23,26)(H,24,28). The first-order valence-corrected chi connectivity index (χ1v) is 9.45. The average Bonchev–Trinajstić information content (AvgIpc) is 2.94. The van der Waals surface area contributed by atoms with Gasteiger partial charge in [-0.25, -0.2) is 9.18 Å². The topological polar surface area (TPSA) is 97.0 Å². The van der Waals surface area contributed by atoms with Crippen LogP contribution in [0.3, 0.4) is 0 Å². The molecule has 2 aliphatic rings. The van der Waals surface area contributed by atoms with Crippen molar-refractivity contribution < 1.29 is 28.2 Å². The second-order valence-corrected chi connectivity index (χ2v) is 7.38. The molecule has 4 amide bonds. The van der Waals surface area contributed by atoms with E-state index in [0.717, 1.165) is 17.0 Å². The Hall–Kier alpha value is -3.33. The number of benzene rings is 2. The molecule has 0 aliphatic carbocycles. The monoisotopic (exact) mass is 433 g/mol. The first-order chi connectivity index (χ1) is 14.3. The Labute approximate surface area is 175 Å². The van der Waals surface area contributed by atoms with E-state index in [-0.39, 0.29) is 10.7 Å². The second-order valence-electron chi connectivity index (χ2n) is 6.98. The lowest BCUT2D eigenvalue weighted by Gasteiger charge is -2.25. The number of amides is 4. The molecule has 2 N–H and O–H groups in total. The van der Waals surface area contributed by atoms with Crippen molar-refractivity contribution in [2.75, 3.05) is 25.1 Å². The summed E-state index contributed by atoms with van der Waals surface area (Å²) in [5.74, 6) is -0.771. The summed E-state index contributed by atoms with van der Waals surface area (Å²) in [6, 6.07) is 7.72. The van der Waals surface area contributed by atoms with Gasteiger partial charge in [-0.2, -0.15) is 0 Å². The van der Waals surface area contributed by atoms with E-state index in [1.165, 1.54) is 6.07 Å². The largest absolute Gasteiger partial charge is 0.486 e. The lowest BCUT2D eigenvalue weighted by atomic mass is 9.91. The van der Waals surface area contributed by atoms with E-state index in [4.69, 9.17) is 21.1 Å². The maximum atomic E-state index is 13.1. The Bertz CT molecular complexity index is 1060. The summed E-state index contributed by atoms with van der Waals surface area (Å²) in [4.78, 5) is 38.6. The highest BCUT2D eigenvalue weighted by molar-refractivity contribution is 6.33. The fraction of sp³-hybridized carbons (Fsp3) is 0.250. The van der Waals surface area contributed by atoms with Crippen LogP contribution in [-0.4, -0.2) is 42.5 Å². The number of rotatable bonds is 4. The quantitative estimate of drug-likeness (QED) is 0.722. The molecule has 0 bridgehead atoms. The van der Waals surface area contributed by atoms with Crippen molar-refractivity contribution in [2.24, 2.45) is 0 Å². The molecule has 0 saturated carbocycles. The Morgan fingerprint density at radius 2 is 1.93 bits per heavy atom. The minimum atomic E-state index is -1.37. The molecule has 2 aromatic carbocycles. The molecule has 2 heterocycles. The number of fused-ring (bicyclic) bond motifs is 1. The van der Waals surface area contributed by atoms with Gasteiger partial charge in [0.15, 0.2) is 11.5 Å². The van der Waals surface area contributed by atoms with Gasteiger partial charge in [0.1, 0.15) is 31.1 Å². The lowest BCUT2D eigenvalue weighted by molar-refractivity contribution is -0.133. The summed E-state index contributed by atoms with van der Waals surface area (Å²) >= 11 is 5.89. The van der Waals surface area contributed by atoms with Gasteiger partial charge in [-0.3, -0.25) is 14.5 Å². The number of urea groups is 1. The molecule has 2 aromatic rings. The smallest absolute Gasteiger partial charge is 0.325 e. The molecule has 8 nitrogen and oxygen atoms in total. The minimum absolute atomic E-state index is 0.00154. The van der Waals surface area contributed by atoms with Crippen LogP contribution >= 0.6 is 11.6 Å². The molecular weight excluding hydrogens is 417 g/mol. The summed E-state index contributed by atoms with van der Waals surface area (Å²) < 4.78 is 24.2. The Morgan fingerprint density at radius 1 is 1.20 bits per heavy atom. The highest BCUT2D eigenvalue weighted by Gasteiger charge is 2.49. The lowest BCUT2D eigenvalue weighted by Crippen LogP contribution is -2.42. The minimum Gasteiger partial charge on any atom is -0.486 e. The number of anilines is 1. The van der Waals surface area contributed by atoms with Crippen LogP contribution in [0.1, 0.15) is 12.5 Å². The Morgan fingerprint density at radius 3 is 2.67 bits per heavy atom. The molecular formula is C20H17ClFN3O5. The van der Waals surface area contributed by atoms with E-state index in [2.05, 4.69) is 10.6 Å². The van der Waals surface area contributed by atoms with Gasteiger partial charge in [-0.15, -0.1) is 0 Å². The molecule has 2 aliphatic heterocycles. The fourth-order valence-corrected chi connectivity index (χ4v) is 3.53. The van der Waals surface area contributed by atoms with Crippen LogP contribution in [0.15, 0.2) is 36.4 Å². The summed E-state index contributed by atoms with van der Waals surface area (Å²) in [6.45, 7) is 1.83. The number of hydrogen-bond acceptors (Lipinski definition) is 5. The van der Waals surface area contributed by atoms with Crippen molar-refractivity contribution in [3.05, 3.63) is 52.8 Å². The predicted octanol–water partition coefficient (Wildman–Crippen LogP) is 2.66. The Balaban J connectivity index is 1.51. The van der Waals surface area contributed by atoms with Gasteiger partial charge in [0.2, 0.25) is 5.91 Å². The molecule has 0 aromatic heterocycles. The van der Waals surface area contributed by atoms with Crippen LogP contribution in [0.4, 0.5) is 14.9 Å². The van der Waals surface area contributed by atoms with Gasteiger partial charge in [-0.05, 0) is 42.8 Å². The number of hydrogen-bond donors (Lipinski definition) is 2. The van der Waals surface area contributed by atoms with Crippen LogP contribution in [0, 0.1) is 5.82 Å². The summed E-state index contributed by atoms with van der Waals surface area (Å²) in [6.07, 6.45) is 0. The van der Waals surface area contributed by atoms with Gasteiger partial charge in [0.25, 0.3) is 5.91 Å². The highest BCUT2D eigenvalue weighted by Crippen LogP contribution is 2.36. The third-order valence-corrected chi connectivity index (χ3v) is 5.21. The molecule has 1 unspecified atom stereocenters. The summed E-state index contributed by atoms with van der Waals surface area (Å²) in [5.41, 5.74) is -0.708. The van der Waals surface area contributed by atoms with E-state index >= 15 is 0 Å². The van der Waals surface area contributed by atoms with E-state index in [0.29, 0.717) is 30.3 Å². The molecule has 156 valence electrons. The number of carbonyl (C=O) groups is 3. The van der Waals surface area contributed by atoms with Gasteiger partial charge in [0, 0.05) is 0 Å². The highest BCUT2D eigenvalue weighted by atomic mass is 35.5. The van der Waals surface area contributed by atoms with Crippen LogP contribution in [0.2, 0.25) is 5.02 Å². The van der Waals surface area contributed by atoms with Crippen molar-refractivity contribution in [1.29, 1.82) is 0 Å². The number of imide groups is 1. The Kier molecular flexibility index (Phi) is 4.98. The van der Waals surface area contributed by atoms with Crippen LogP contribution in [-0.2, 0) is 15.1 Å². The zero-order valence-electron chi connectivity index (χ0n) is 15.8. The summed E-state index contributed by atoms with van der Waals surface area (Å²) in [7, 11) is 0. The van der Waals surface area contributed by atoms with Gasteiger partial charge >= 0.3 is 6.03 Å². The normalized spacial score (nSPS) is 20.2. The fourth-order valence-electron chi connectivity index (χ4n) is 3.31. The first kappa shape index (κ1) is 20.0. The molecule has 0 radical (unpaired) electrons. The molecule has 4 rings (SSSR count). The van der Waals surface area contributed by atoms with Crippen molar-refractivity contribution in [1.82, 2.24) is 10.2 Å². The van der Waals surface area contributed by atoms with E-state index in [1.807, 2.05) is 0 Å². The molecule has 1 saturated heterocycles. The van der Waals surface area contributed by atoms with Crippen LogP contribution in [0.5, 0.6) is 11.5 Å². The summed E-state index contributed by atoms with van der Waals surface area (Å²) in [5, 5.41) is 5.09.